The topological polar surface area (TPSA) is 107 Å². The van der Waals surface area contributed by atoms with Gasteiger partial charge in [-0.3, -0.25) is 4.79 Å². The van der Waals surface area contributed by atoms with Gasteiger partial charge in [0, 0.05) is 15.2 Å². The molecule has 1 heterocycles. The minimum absolute atomic E-state index is 0.0442. The lowest BCUT2D eigenvalue weighted by Gasteiger charge is -2.08. The maximum atomic E-state index is 13.1. The molecule has 0 saturated heterocycles. The number of halogens is 2. The summed E-state index contributed by atoms with van der Waals surface area (Å²) in [5, 5.41) is 7.57. The van der Waals surface area contributed by atoms with Gasteiger partial charge >= 0.3 is 0 Å². The zero-order valence-corrected chi connectivity index (χ0v) is 19.1. The van der Waals surface area contributed by atoms with Gasteiger partial charge in [-0.05, 0) is 54.8 Å². The number of carbonyl (C=O) groups is 1. The molecule has 1 amide bonds. The van der Waals surface area contributed by atoms with E-state index in [2.05, 4.69) is 26.3 Å². The van der Waals surface area contributed by atoms with Gasteiger partial charge in [-0.15, -0.1) is 11.8 Å². The number of amides is 1. The third kappa shape index (κ3) is 4.77. The molecule has 0 spiro atoms. The van der Waals surface area contributed by atoms with E-state index >= 15 is 0 Å². The highest BCUT2D eigenvalue weighted by Gasteiger charge is 2.29. The molecule has 0 bridgehead atoms. The Hall–Kier alpha value is -2.01. The fraction of sp³-hybridized carbons (Fsp3) is 0.111. The Bertz CT molecular complexity index is 1150. The summed E-state index contributed by atoms with van der Waals surface area (Å²) < 4.78 is 28.2. The van der Waals surface area contributed by atoms with Crippen molar-refractivity contribution in [2.45, 2.75) is 21.4 Å². The Morgan fingerprint density at radius 3 is 2.41 bits per heavy atom. The second-order valence-corrected chi connectivity index (χ2v) is 9.93. The molecule has 11 heteroatoms. The van der Waals surface area contributed by atoms with Gasteiger partial charge < -0.3 is 11.1 Å². The number of nitrogen functional groups attached to an aromatic ring is 1. The van der Waals surface area contributed by atoms with E-state index < -0.39 is 9.84 Å². The van der Waals surface area contributed by atoms with E-state index in [9.17, 15) is 13.2 Å². The van der Waals surface area contributed by atoms with Gasteiger partial charge in [0.1, 0.15) is 22.3 Å². The summed E-state index contributed by atoms with van der Waals surface area (Å²) >= 11 is 10.3. The Morgan fingerprint density at radius 1 is 1.21 bits per heavy atom. The Labute approximate surface area is 185 Å². The van der Waals surface area contributed by atoms with Crippen molar-refractivity contribution < 1.29 is 13.2 Å². The number of thioether (sulfide) groups is 1. The van der Waals surface area contributed by atoms with Gasteiger partial charge in [-0.2, -0.15) is 5.10 Å². The summed E-state index contributed by atoms with van der Waals surface area (Å²) in [6.07, 6.45) is 1.69. The number of rotatable bonds is 6. The quantitative estimate of drug-likeness (QED) is 0.479. The number of aromatic nitrogens is 2. The summed E-state index contributed by atoms with van der Waals surface area (Å²) in [4.78, 5) is 12.3. The van der Waals surface area contributed by atoms with Crippen LogP contribution < -0.4 is 11.1 Å². The average Bonchev–Trinajstić information content (AvgIpc) is 3.00. The van der Waals surface area contributed by atoms with Crippen LogP contribution in [0.2, 0.25) is 5.02 Å². The van der Waals surface area contributed by atoms with Crippen molar-refractivity contribution in [1.29, 1.82) is 0 Å². The Balaban J connectivity index is 1.90. The first-order chi connectivity index (χ1) is 13.7. The minimum Gasteiger partial charge on any atom is -0.383 e. The predicted molar refractivity (Wildman–Crippen MR) is 118 cm³/mol. The molecule has 0 atom stereocenters. The summed E-state index contributed by atoms with van der Waals surface area (Å²) in [7, 11) is -3.93. The van der Waals surface area contributed by atoms with E-state index in [0.717, 1.165) is 16.2 Å². The van der Waals surface area contributed by atoms with Crippen molar-refractivity contribution >= 4 is 66.5 Å². The maximum absolute atomic E-state index is 13.1. The van der Waals surface area contributed by atoms with Crippen LogP contribution in [0, 0.1) is 0 Å². The van der Waals surface area contributed by atoms with Crippen molar-refractivity contribution in [3.05, 3.63) is 58.0 Å². The molecule has 3 aromatic rings. The molecule has 0 saturated carbocycles. The first-order valence-electron chi connectivity index (χ1n) is 8.18. The fourth-order valence-corrected chi connectivity index (χ4v) is 5.36. The monoisotopic (exact) mass is 514 g/mol. The van der Waals surface area contributed by atoms with Crippen LogP contribution in [0.5, 0.6) is 0 Å². The number of benzene rings is 2. The summed E-state index contributed by atoms with van der Waals surface area (Å²) in [6.45, 7) is -0.231. The highest BCUT2D eigenvalue weighted by atomic mass is 79.9. The predicted octanol–water partition coefficient (Wildman–Crippen LogP) is 4.07. The van der Waals surface area contributed by atoms with E-state index in [4.69, 9.17) is 17.3 Å². The van der Waals surface area contributed by atoms with E-state index in [1.807, 2.05) is 0 Å². The van der Waals surface area contributed by atoms with Gasteiger partial charge in [0.05, 0.1) is 4.90 Å². The zero-order valence-electron chi connectivity index (χ0n) is 15.1. The number of carbonyl (C=O) groups excluding carboxylic acids is 1. The molecule has 29 heavy (non-hydrogen) atoms. The van der Waals surface area contributed by atoms with Crippen LogP contribution in [-0.2, 0) is 21.2 Å². The van der Waals surface area contributed by atoms with Crippen LogP contribution >= 0.6 is 39.3 Å². The molecule has 3 N–H and O–H groups in total. The molecular weight excluding hydrogens is 500 g/mol. The Morgan fingerprint density at radius 2 is 1.83 bits per heavy atom. The maximum Gasteiger partial charge on any atom is 0.246 e. The molecule has 0 fully saturated rings. The smallest absolute Gasteiger partial charge is 0.246 e. The first kappa shape index (κ1) is 21.7. The summed E-state index contributed by atoms with van der Waals surface area (Å²) in [5.74, 6) is -0.486. The van der Waals surface area contributed by atoms with Crippen molar-refractivity contribution in [3.8, 4) is 0 Å². The highest BCUT2D eigenvalue weighted by Crippen LogP contribution is 2.34. The molecule has 1 aromatic heterocycles. The molecule has 0 unspecified atom stereocenters. The van der Waals surface area contributed by atoms with E-state index in [0.29, 0.717) is 10.7 Å². The number of nitrogens with two attached hydrogens (primary N) is 1. The molecule has 0 aliphatic carbocycles. The molecule has 0 radical (unpaired) electrons. The second-order valence-electron chi connectivity index (χ2n) is 5.89. The van der Waals surface area contributed by atoms with Crippen molar-refractivity contribution in [3.63, 3.8) is 0 Å². The minimum atomic E-state index is -3.93. The number of hydrogen-bond acceptors (Lipinski definition) is 6. The number of nitrogens with one attached hydrogen (secondary N) is 1. The van der Waals surface area contributed by atoms with Crippen LogP contribution in [0.3, 0.4) is 0 Å². The van der Waals surface area contributed by atoms with Crippen LogP contribution in [0.25, 0.3) is 0 Å². The zero-order chi connectivity index (χ0) is 21.2. The van der Waals surface area contributed by atoms with Crippen LogP contribution in [0.4, 0.5) is 11.5 Å². The van der Waals surface area contributed by atoms with E-state index in [1.54, 1.807) is 30.5 Å². The van der Waals surface area contributed by atoms with Gasteiger partial charge in [0.15, 0.2) is 0 Å². The molecule has 3 rings (SSSR count). The number of anilines is 2. The Kier molecular flexibility index (Phi) is 6.57. The highest BCUT2D eigenvalue weighted by molar-refractivity contribution is 9.10. The lowest BCUT2D eigenvalue weighted by atomic mass is 10.3. The third-order valence-corrected chi connectivity index (χ3v) is 7.34. The summed E-state index contributed by atoms with van der Waals surface area (Å²) in [6, 6.07) is 12.8. The molecular formula is C18H16BrClN4O3S2. The number of nitrogens with zero attached hydrogens (tertiary/aromatic N) is 2. The van der Waals surface area contributed by atoms with Crippen LogP contribution in [0.15, 0.2) is 67.8 Å². The first-order valence-corrected chi connectivity index (χ1v) is 12.1. The molecule has 7 nitrogen and oxygen atoms in total. The van der Waals surface area contributed by atoms with Gasteiger partial charge in [0.2, 0.25) is 15.7 Å². The summed E-state index contributed by atoms with van der Waals surface area (Å²) in [5.41, 5.74) is 6.69. The lowest BCUT2D eigenvalue weighted by molar-refractivity contribution is -0.116. The molecule has 152 valence electrons. The van der Waals surface area contributed by atoms with Crippen LogP contribution in [-0.4, -0.2) is 30.4 Å². The SMILES string of the molecule is CSc1nn(CC(=O)Nc2ccc(Br)cc2)c(N)c1S(=O)(=O)c1ccc(Cl)cc1. The van der Waals surface area contributed by atoms with Crippen molar-refractivity contribution in [1.82, 2.24) is 9.78 Å². The largest absolute Gasteiger partial charge is 0.383 e. The van der Waals surface area contributed by atoms with E-state index in [1.165, 1.54) is 28.9 Å². The molecule has 0 aliphatic heterocycles. The number of hydrogen-bond donors (Lipinski definition) is 2. The second kappa shape index (κ2) is 8.78. The van der Waals surface area contributed by atoms with E-state index in [-0.39, 0.29) is 33.1 Å². The van der Waals surface area contributed by atoms with Gasteiger partial charge in [-0.1, -0.05) is 27.5 Å². The fourth-order valence-electron chi connectivity index (χ4n) is 2.54. The van der Waals surface area contributed by atoms with Crippen molar-refractivity contribution in [2.24, 2.45) is 0 Å². The normalized spacial score (nSPS) is 11.4. The molecule has 2 aromatic carbocycles. The van der Waals surface area contributed by atoms with Crippen LogP contribution in [0.1, 0.15) is 0 Å². The molecule has 0 aliphatic rings. The van der Waals surface area contributed by atoms with Crippen molar-refractivity contribution in [2.75, 3.05) is 17.3 Å². The lowest BCUT2D eigenvalue weighted by Crippen LogP contribution is -2.21. The standard InChI is InChI=1S/C18H16BrClN4O3S2/c1-28-18-16(29(26,27)14-8-4-12(20)5-9-14)17(21)24(23-18)10-15(25)22-13-6-2-11(19)3-7-13/h2-9H,10,21H2,1H3,(H,22,25). The third-order valence-electron chi connectivity index (χ3n) is 3.92. The van der Waals surface area contributed by atoms with Gasteiger partial charge in [-0.25, -0.2) is 13.1 Å². The van der Waals surface area contributed by atoms with Gasteiger partial charge in [0.25, 0.3) is 0 Å². The average molecular weight is 516 g/mol. The number of sulfone groups is 1.